The fraction of sp³-hybridized carbons (Fsp3) is 0.200. The van der Waals surface area contributed by atoms with Gasteiger partial charge in [0, 0.05) is 10.6 Å². The van der Waals surface area contributed by atoms with Crippen LogP contribution in [0.15, 0.2) is 39.9 Å². The van der Waals surface area contributed by atoms with E-state index in [0.717, 1.165) is 32.7 Å². The minimum Gasteiger partial charge on any atom is -0.496 e. The zero-order valence-corrected chi connectivity index (χ0v) is 19.8. The maximum absolute atomic E-state index is 6.17. The summed E-state index contributed by atoms with van der Waals surface area (Å²) in [6, 6.07) is 9.02. The Morgan fingerprint density at radius 2 is 1.86 bits per heavy atom. The number of nitrogens with one attached hydrogen (secondary N) is 1. The van der Waals surface area contributed by atoms with Crippen LogP contribution in [-0.2, 0) is 6.54 Å². The van der Waals surface area contributed by atoms with Crippen LogP contribution in [0.2, 0.25) is 15.1 Å². The maximum Gasteiger partial charge on any atom is 0.123 e. The average molecular weight is 517 g/mol. The summed E-state index contributed by atoms with van der Waals surface area (Å²) in [4.78, 5) is 0. The molecule has 29 heavy (non-hydrogen) atoms. The summed E-state index contributed by atoms with van der Waals surface area (Å²) in [6.45, 7) is 4.56. The molecule has 0 unspecified atom stereocenters. The highest BCUT2D eigenvalue weighted by molar-refractivity contribution is 9.10. The van der Waals surface area contributed by atoms with E-state index in [1.54, 1.807) is 25.5 Å². The average Bonchev–Trinajstić information content (AvgIpc) is 2.91. The normalized spacial score (nSPS) is 11.3. The van der Waals surface area contributed by atoms with Crippen LogP contribution in [0.4, 0.5) is 5.69 Å². The van der Waals surface area contributed by atoms with Gasteiger partial charge in [-0.3, -0.25) is 10.1 Å². The van der Waals surface area contributed by atoms with Crippen LogP contribution in [0.1, 0.15) is 22.5 Å². The fourth-order valence-electron chi connectivity index (χ4n) is 2.81. The monoisotopic (exact) mass is 514 g/mol. The molecular formula is C20H18BrCl3N4O. The van der Waals surface area contributed by atoms with Gasteiger partial charge in [-0.25, -0.2) is 0 Å². The Kier molecular flexibility index (Phi) is 7.11. The second-order valence-corrected chi connectivity index (χ2v) is 8.37. The highest BCUT2D eigenvalue weighted by atomic mass is 79.9. The summed E-state index contributed by atoms with van der Waals surface area (Å²) in [7, 11) is 1.65. The van der Waals surface area contributed by atoms with E-state index in [9.17, 15) is 0 Å². The molecule has 2 aromatic carbocycles. The van der Waals surface area contributed by atoms with Crippen LogP contribution in [-0.4, -0.2) is 23.1 Å². The first-order chi connectivity index (χ1) is 13.8. The van der Waals surface area contributed by atoms with Gasteiger partial charge in [0.1, 0.15) is 5.75 Å². The highest BCUT2D eigenvalue weighted by Gasteiger charge is 2.12. The van der Waals surface area contributed by atoms with Gasteiger partial charge in [-0.05, 0) is 65.7 Å². The predicted molar refractivity (Wildman–Crippen MR) is 124 cm³/mol. The van der Waals surface area contributed by atoms with E-state index in [2.05, 4.69) is 31.6 Å². The first kappa shape index (κ1) is 22.0. The summed E-state index contributed by atoms with van der Waals surface area (Å²) in [5, 5.41) is 10.1. The van der Waals surface area contributed by atoms with Crippen molar-refractivity contribution in [3.63, 3.8) is 0 Å². The molecule has 0 fully saturated rings. The second-order valence-electron chi connectivity index (χ2n) is 6.33. The lowest BCUT2D eigenvalue weighted by Crippen LogP contribution is -2.06. The van der Waals surface area contributed by atoms with Gasteiger partial charge in [0.25, 0.3) is 0 Å². The van der Waals surface area contributed by atoms with Crippen molar-refractivity contribution in [2.24, 2.45) is 5.10 Å². The standard InChI is InChI=1S/C20H18BrCl3N4O/c1-11-19(21)12(2)28(27-11)10-14-6-13(4-5-18(14)29-3)9-25-26-20-16(23)7-15(22)8-17(20)24/h4-9,26H,10H2,1-3H3/b25-9-. The number of hydrogen-bond acceptors (Lipinski definition) is 4. The Bertz CT molecular complexity index is 1060. The molecule has 1 N–H and O–H groups in total. The number of halogens is 4. The van der Waals surface area contributed by atoms with Crippen LogP contribution >= 0.6 is 50.7 Å². The molecule has 0 aliphatic rings. The highest BCUT2D eigenvalue weighted by Crippen LogP contribution is 2.33. The lowest BCUT2D eigenvalue weighted by atomic mass is 10.1. The van der Waals surface area contributed by atoms with Crippen LogP contribution in [0, 0.1) is 13.8 Å². The van der Waals surface area contributed by atoms with E-state index in [0.29, 0.717) is 27.3 Å². The number of anilines is 1. The molecule has 3 rings (SSSR count). The van der Waals surface area contributed by atoms with Gasteiger partial charge < -0.3 is 4.74 Å². The van der Waals surface area contributed by atoms with Crippen molar-refractivity contribution in [1.82, 2.24) is 9.78 Å². The molecule has 1 aromatic heterocycles. The number of nitrogens with zero attached hydrogens (tertiary/aromatic N) is 3. The van der Waals surface area contributed by atoms with E-state index in [1.807, 2.05) is 36.7 Å². The summed E-state index contributed by atoms with van der Waals surface area (Å²) < 4.78 is 8.45. The van der Waals surface area contributed by atoms with Gasteiger partial charge in [0.2, 0.25) is 0 Å². The van der Waals surface area contributed by atoms with E-state index < -0.39 is 0 Å². The largest absolute Gasteiger partial charge is 0.496 e. The quantitative estimate of drug-likeness (QED) is 0.292. The third kappa shape index (κ3) is 5.07. The number of aromatic nitrogens is 2. The minimum atomic E-state index is 0.394. The number of methoxy groups -OCH3 is 1. The molecule has 0 atom stereocenters. The molecule has 9 heteroatoms. The zero-order valence-electron chi connectivity index (χ0n) is 15.9. The first-order valence-electron chi connectivity index (χ1n) is 8.60. The third-order valence-corrected chi connectivity index (χ3v) is 6.28. The van der Waals surface area contributed by atoms with Crippen LogP contribution < -0.4 is 10.2 Å². The maximum atomic E-state index is 6.17. The predicted octanol–water partition coefficient (Wildman–Crippen LogP) is 6.73. The molecule has 1 heterocycles. The van der Waals surface area contributed by atoms with E-state index >= 15 is 0 Å². The number of ether oxygens (including phenoxy) is 1. The summed E-state index contributed by atoms with van der Waals surface area (Å²) >= 11 is 21.8. The second kappa shape index (κ2) is 9.39. The molecule has 0 saturated carbocycles. The van der Waals surface area contributed by atoms with Crippen molar-refractivity contribution in [2.75, 3.05) is 12.5 Å². The first-order valence-corrected chi connectivity index (χ1v) is 10.5. The number of hydrogen-bond donors (Lipinski definition) is 1. The molecule has 0 spiro atoms. The van der Waals surface area contributed by atoms with Gasteiger partial charge in [-0.1, -0.05) is 34.8 Å². The molecule has 0 radical (unpaired) electrons. The van der Waals surface area contributed by atoms with Crippen LogP contribution in [0.25, 0.3) is 0 Å². The van der Waals surface area contributed by atoms with Crippen molar-refractivity contribution in [2.45, 2.75) is 20.4 Å². The minimum absolute atomic E-state index is 0.394. The van der Waals surface area contributed by atoms with Crippen LogP contribution in [0.5, 0.6) is 5.75 Å². The molecule has 0 bridgehead atoms. The molecule has 0 aliphatic heterocycles. The number of benzene rings is 2. The Morgan fingerprint density at radius 3 is 2.45 bits per heavy atom. The summed E-state index contributed by atoms with van der Waals surface area (Å²) in [6.07, 6.45) is 1.68. The van der Waals surface area contributed by atoms with Crippen molar-refractivity contribution in [3.8, 4) is 5.75 Å². The molecule has 0 amide bonds. The number of aryl methyl sites for hydroxylation is 1. The molecule has 152 valence electrons. The lowest BCUT2D eigenvalue weighted by molar-refractivity contribution is 0.407. The van der Waals surface area contributed by atoms with Crippen LogP contribution in [0.3, 0.4) is 0 Å². The van der Waals surface area contributed by atoms with Crippen molar-refractivity contribution in [1.29, 1.82) is 0 Å². The lowest BCUT2D eigenvalue weighted by Gasteiger charge is -2.11. The molecule has 0 saturated heterocycles. The van der Waals surface area contributed by atoms with Gasteiger partial charge in [0.15, 0.2) is 0 Å². The Hall–Kier alpha value is -1.73. The Labute approximate surface area is 192 Å². The third-order valence-electron chi connectivity index (χ3n) is 4.31. The smallest absolute Gasteiger partial charge is 0.123 e. The Balaban J connectivity index is 1.83. The molecule has 0 aliphatic carbocycles. The fourth-order valence-corrected chi connectivity index (χ4v) is 4.00. The SMILES string of the molecule is COc1ccc(/C=N\Nc2c(Cl)cc(Cl)cc2Cl)cc1Cn1nc(C)c(Br)c1C. The van der Waals surface area contributed by atoms with E-state index in [4.69, 9.17) is 39.5 Å². The Morgan fingerprint density at radius 1 is 1.17 bits per heavy atom. The zero-order chi connectivity index (χ0) is 21.1. The van der Waals surface area contributed by atoms with Gasteiger partial charge in [-0.2, -0.15) is 10.2 Å². The topological polar surface area (TPSA) is 51.4 Å². The molecule has 5 nitrogen and oxygen atoms in total. The molecule has 3 aromatic rings. The number of hydrazone groups is 1. The summed E-state index contributed by atoms with van der Waals surface area (Å²) in [5.74, 6) is 0.780. The summed E-state index contributed by atoms with van der Waals surface area (Å²) in [5.41, 5.74) is 7.23. The van der Waals surface area contributed by atoms with Crippen molar-refractivity contribution in [3.05, 3.63) is 72.4 Å². The van der Waals surface area contributed by atoms with E-state index in [-0.39, 0.29) is 0 Å². The van der Waals surface area contributed by atoms with Gasteiger partial charge >= 0.3 is 0 Å². The molecular weight excluding hydrogens is 499 g/mol. The van der Waals surface area contributed by atoms with Gasteiger partial charge in [-0.15, -0.1) is 0 Å². The van der Waals surface area contributed by atoms with E-state index in [1.165, 1.54) is 0 Å². The van der Waals surface area contributed by atoms with Gasteiger partial charge in [0.05, 0.1) is 51.5 Å². The number of rotatable bonds is 6. The van der Waals surface area contributed by atoms with Crippen molar-refractivity contribution < 1.29 is 4.74 Å². The van der Waals surface area contributed by atoms with Crippen molar-refractivity contribution >= 4 is 62.6 Å².